The van der Waals surface area contributed by atoms with E-state index >= 15 is 0 Å². The first-order valence-corrected chi connectivity index (χ1v) is 4.73. The molecular weight excluding hydrogens is 132 g/mol. The lowest BCUT2D eigenvalue weighted by atomic mass is 9.91. The Balaban J connectivity index is 2.26. The molecule has 1 aliphatic rings. The van der Waals surface area contributed by atoms with Gasteiger partial charge in [0.25, 0.3) is 0 Å². The van der Waals surface area contributed by atoms with Gasteiger partial charge < -0.3 is 0 Å². The SMILES string of the molecule is C[C](C)CC1CC=CCCC1. The zero-order valence-electron chi connectivity index (χ0n) is 7.77. The fourth-order valence-electron chi connectivity index (χ4n) is 1.81. The molecule has 0 N–H and O–H groups in total. The third kappa shape index (κ3) is 3.60. The van der Waals surface area contributed by atoms with Crippen LogP contribution >= 0.6 is 0 Å². The van der Waals surface area contributed by atoms with Gasteiger partial charge in [0, 0.05) is 0 Å². The second-order valence-corrected chi connectivity index (χ2v) is 3.92. The number of rotatable bonds is 2. The Morgan fingerprint density at radius 2 is 2.18 bits per heavy atom. The van der Waals surface area contributed by atoms with Crippen LogP contribution in [-0.2, 0) is 0 Å². The van der Waals surface area contributed by atoms with Crippen LogP contribution in [0.3, 0.4) is 0 Å². The Bertz CT molecular complexity index is 122. The molecule has 0 aromatic rings. The molecule has 0 saturated heterocycles. The van der Waals surface area contributed by atoms with Crippen molar-refractivity contribution in [2.75, 3.05) is 0 Å². The molecule has 0 bridgehead atoms. The van der Waals surface area contributed by atoms with Crippen LogP contribution in [-0.4, -0.2) is 0 Å². The van der Waals surface area contributed by atoms with Gasteiger partial charge in [0.2, 0.25) is 0 Å². The monoisotopic (exact) mass is 151 g/mol. The first kappa shape index (κ1) is 8.83. The van der Waals surface area contributed by atoms with Crippen molar-refractivity contribution in [2.45, 2.75) is 46.0 Å². The Hall–Kier alpha value is -0.260. The summed E-state index contributed by atoms with van der Waals surface area (Å²) in [5, 5.41) is 0. The number of allylic oxidation sites excluding steroid dienone is 2. The van der Waals surface area contributed by atoms with Gasteiger partial charge >= 0.3 is 0 Å². The zero-order valence-corrected chi connectivity index (χ0v) is 7.77. The van der Waals surface area contributed by atoms with E-state index in [1.165, 1.54) is 32.1 Å². The van der Waals surface area contributed by atoms with E-state index in [9.17, 15) is 0 Å². The van der Waals surface area contributed by atoms with E-state index in [-0.39, 0.29) is 0 Å². The van der Waals surface area contributed by atoms with Crippen molar-refractivity contribution in [3.8, 4) is 0 Å². The normalized spacial score (nSPS) is 25.5. The van der Waals surface area contributed by atoms with Crippen LogP contribution in [0.4, 0.5) is 0 Å². The summed E-state index contributed by atoms with van der Waals surface area (Å²) in [4.78, 5) is 0. The Kier molecular flexibility index (Phi) is 3.68. The highest BCUT2D eigenvalue weighted by Crippen LogP contribution is 2.25. The average molecular weight is 151 g/mol. The van der Waals surface area contributed by atoms with Gasteiger partial charge in [0.15, 0.2) is 0 Å². The van der Waals surface area contributed by atoms with E-state index in [1.54, 1.807) is 5.92 Å². The van der Waals surface area contributed by atoms with Crippen molar-refractivity contribution in [1.29, 1.82) is 0 Å². The maximum atomic E-state index is 2.36. The first-order chi connectivity index (χ1) is 5.29. The van der Waals surface area contributed by atoms with Crippen LogP contribution in [0.1, 0.15) is 46.0 Å². The molecule has 0 heteroatoms. The van der Waals surface area contributed by atoms with Gasteiger partial charge in [-0.2, -0.15) is 0 Å². The zero-order chi connectivity index (χ0) is 8.10. The lowest BCUT2D eigenvalue weighted by Crippen LogP contribution is -2.01. The van der Waals surface area contributed by atoms with E-state index in [1.807, 2.05) is 0 Å². The summed E-state index contributed by atoms with van der Waals surface area (Å²) in [6.07, 6.45) is 11.5. The van der Waals surface area contributed by atoms with Gasteiger partial charge in [0.1, 0.15) is 0 Å². The summed E-state index contributed by atoms with van der Waals surface area (Å²) >= 11 is 0. The van der Waals surface area contributed by atoms with Crippen LogP contribution in [0.15, 0.2) is 12.2 Å². The molecule has 0 aromatic heterocycles. The van der Waals surface area contributed by atoms with Gasteiger partial charge in [-0.05, 0) is 43.9 Å². The van der Waals surface area contributed by atoms with Gasteiger partial charge in [-0.25, -0.2) is 0 Å². The Morgan fingerprint density at radius 3 is 2.91 bits per heavy atom. The fourth-order valence-corrected chi connectivity index (χ4v) is 1.81. The third-order valence-electron chi connectivity index (χ3n) is 2.32. The Labute approximate surface area is 70.7 Å². The van der Waals surface area contributed by atoms with Crippen molar-refractivity contribution in [2.24, 2.45) is 5.92 Å². The molecule has 1 atom stereocenters. The van der Waals surface area contributed by atoms with Crippen LogP contribution < -0.4 is 0 Å². The lowest BCUT2D eigenvalue weighted by Gasteiger charge is -2.14. The largest absolute Gasteiger partial charge is 0.0885 e. The Morgan fingerprint density at radius 1 is 1.36 bits per heavy atom. The van der Waals surface area contributed by atoms with Crippen molar-refractivity contribution in [3.63, 3.8) is 0 Å². The molecule has 1 radical (unpaired) electrons. The summed E-state index contributed by atoms with van der Waals surface area (Å²) in [6, 6.07) is 0. The molecule has 1 unspecified atom stereocenters. The summed E-state index contributed by atoms with van der Waals surface area (Å²) in [6.45, 7) is 4.49. The quantitative estimate of drug-likeness (QED) is 0.527. The first-order valence-electron chi connectivity index (χ1n) is 4.73. The summed E-state index contributed by atoms with van der Waals surface area (Å²) < 4.78 is 0. The van der Waals surface area contributed by atoms with E-state index in [2.05, 4.69) is 26.0 Å². The standard InChI is InChI=1S/C11H19/c1-10(2)9-11-7-5-3-4-6-8-11/h3,5,11H,4,6-9H2,1-2H3. The van der Waals surface area contributed by atoms with Gasteiger partial charge in [-0.15, -0.1) is 0 Å². The molecular formula is C11H19. The highest BCUT2D eigenvalue weighted by atomic mass is 14.2. The summed E-state index contributed by atoms with van der Waals surface area (Å²) in [5.74, 6) is 2.53. The van der Waals surface area contributed by atoms with Gasteiger partial charge in [-0.1, -0.05) is 26.0 Å². The van der Waals surface area contributed by atoms with Crippen LogP contribution in [0.2, 0.25) is 0 Å². The van der Waals surface area contributed by atoms with E-state index < -0.39 is 0 Å². The predicted octanol–water partition coefficient (Wildman–Crippen LogP) is 3.74. The molecule has 0 nitrogen and oxygen atoms in total. The predicted molar refractivity (Wildman–Crippen MR) is 50.3 cm³/mol. The second kappa shape index (κ2) is 4.58. The molecule has 0 aromatic carbocycles. The molecule has 1 rings (SSSR count). The smallest absolute Gasteiger partial charge is 0.0300 e. The van der Waals surface area contributed by atoms with Crippen molar-refractivity contribution in [3.05, 3.63) is 18.1 Å². The number of hydrogen-bond donors (Lipinski definition) is 0. The van der Waals surface area contributed by atoms with Gasteiger partial charge in [-0.3, -0.25) is 0 Å². The number of hydrogen-bond acceptors (Lipinski definition) is 0. The molecule has 0 aliphatic heterocycles. The van der Waals surface area contributed by atoms with Crippen molar-refractivity contribution < 1.29 is 0 Å². The third-order valence-corrected chi connectivity index (χ3v) is 2.32. The molecule has 0 spiro atoms. The molecule has 0 fully saturated rings. The highest BCUT2D eigenvalue weighted by molar-refractivity contribution is 4.91. The van der Waals surface area contributed by atoms with E-state index in [0.717, 1.165) is 5.92 Å². The molecule has 63 valence electrons. The molecule has 11 heavy (non-hydrogen) atoms. The minimum atomic E-state index is 0.943. The maximum absolute atomic E-state index is 2.36. The molecule has 0 saturated carbocycles. The summed E-state index contributed by atoms with van der Waals surface area (Å²) in [5.41, 5.74) is 0. The molecule has 0 amide bonds. The topological polar surface area (TPSA) is 0 Å². The summed E-state index contributed by atoms with van der Waals surface area (Å²) in [7, 11) is 0. The van der Waals surface area contributed by atoms with Crippen molar-refractivity contribution in [1.82, 2.24) is 0 Å². The average Bonchev–Trinajstić information content (AvgIpc) is 2.14. The molecule has 0 heterocycles. The van der Waals surface area contributed by atoms with Crippen LogP contribution in [0, 0.1) is 11.8 Å². The lowest BCUT2D eigenvalue weighted by molar-refractivity contribution is 0.461. The highest BCUT2D eigenvalue weighted by Gasteiger charge is 2.10. The van der Waals surface area contributed by atoms with Crippen LogP contribution in [0.5, 0.6) is 0 Å². The maximum Gasteiger partial charge on any atom is -0.0300 e. The molecule has 1 aliphatic carbocycles. The van der Waals surface area contributed by atoms with E-state index in [0.29, 0.717) is 0 Å². The van der Waals surface area contributed by atoms with Crippen LogP contribution in [0.25, 0.3) is 0 Å². The fraction of sp³-hybridized carbons (Fsp3) is 0.727. The minimum absolute atomic E-state index is 0.943. The van der Waals surface area contributed by atoms with Crippen molar-refractivity contribution >= 4 is 0 Å². The van der Waals surface area contributed by atoms with E-state index in [4.69, 9.17) is 0 Å². The minimum Gasteiger partial charge on any atom is -0.0885 e. The van der Waals surface area contributed by atoms with Gasteiger partial charge in [0.05, 0.1) is 0 Å². The second-order valence-electron chi connectivity index (χ2n) is 3.92.